The molecular formula is C20H20N2. The second kappa shape index (κ2) is 4.16. The van der Waals surface area contributed by atoms with Crippen LogP contribution in [0, 0.1) is 0 Å². The molecule has 1 aromatic heterocycles. The maximum Gasteiger partial charge on any atom is 0.0479 e. The zero-order chi connectivity index (χ0) is 14.8. The molecule has 1 saturated heterocycles. The SMILES string of the molecule is CC1C(c2cc3ccccc3n2C)C2CN1c1ccccc12. The number of rotatable bonds is 1. The Kier molecular flexibility index (Phi) is 2.33. The highest BCUT2D eigenvalue weighted by molar-refractivity contribution is 5.82. The van der Waals surface area contributed by atoms with E-state index in [2.05, 4.69) is 78.0 Å². The third-order valence-electron chi connectivity index (χ3n) is 5.81. The highest BCUT2D eigenvalue weighted by Crippen LogP contribution is 2.54. The van der Waals surface area contributed by atoms with Crippen LogP contribution in [-0.4, -0.2) is 17.2 Å². The molecule has 2 nitrogen and oxygen atoms in total. The molecular weight excluding hydrogens is 268 g/mol. The molecule has 0 spiro atoms. The van der Waals surface area contributed by atoms with Crippen molar-refractivity contribution in [2.24, 2.45) is 7.05 Å². The van der Waals surface area contributed by atoms with E-state index in [4.69, 9.17) is 0 Å². The zero-order valence-corrected chi connectivity index (χ0v) is 13.0. The van der Waals surface area contributed by atoms with Crippen molar-refractivity contribution < 1.29 is 0 Å². The number of benzene rings is 2. The van der Waals surface area contributed by atoms with Crippen LogP contribution in [0.1, 0.15) is 30.0 Å². The molecule has 3 aromatic rings. The second-order valence-corrected chi connectivity index (χ2v) is 6.77. The van der Waals surface area contributed by atoms with Crippen molar-refractivity contribution in [1.29, 1.82) is 0 Å². The summed E-state index contributed by atoms with van der Waals surface area (Å²) in [4.78, 5) is 2.60. The first-order chi connectivity index (χ1) is 10.8. The number of aryl methyl sites for hydroxylation is 1. The minimum Gasteiger partial charge on any atom is -0.367 e. The minimum atomic E-state index is 0.572. The average Bonchev–Trinajstić information content (AvgIpc) is 3.18. The number of anilines is 1. The van der Waals surface area contributed by atoms with Gasteiger partial charge in [-0.15, -0.1) is 0 Å². The summed E-state index contributed by atoms with van der Waals surface area (Å²) in [7, 11) is 2.22. The summed E-state index contributed by atoms with van der Waals surface area (Å²) in [5, 5.41) is 1.36. The molecule has 0 aliphatic carbocycles. The molecule has 5 rings (SSSR count). The van der Waals surface area contributed by atoms with Gasteiger partial charge in [0, 0.05) is 48.4 Å². The van der Waals surface area contributed by atoms with Gasteiger partial charge in [-0.1, -0.05) is 36.4 Å². The van der Waals surface area contributed by atoms with Crippen molar-refractivity contribution >= 4 is 16.6 Å². The Hall–Kier alpha value is -2.22. The first-order valence-electron chi connectivity index (χ1n) is 8.15. The molecule has 3 unspecified atom stereocenters. The maximum absolute atomic E-state index is 2.60. The lowest BCUT2D eigenvalue weighted by Gasteiger charge is -2.32. The van der Waals surface area contributed by atoms with Crippen molar-refractivity contribution in [3.63, 3.8) is 0 Å². The van der Waals surface area contributed by atoms with Crippen molar-refractivity contribution in [3.8, 4) is 0 Å². The van der Waals surface area contributed by atoms with Crippen LogP contribution in [0.15, 0.2) is 54.6 Å². The maximum atomic E-state index is 2.60. The Morgan fingerprint density at radius 2 is 1.77 bits per heavy atom. The molecule has 2 heteroatoms. The van der Waals surface area contributed by atoms with Crippen LogP contribution < -0.4 is 4.90 Å². The second-order valence-electron chi connectivity index (χ2n) is 6.77. The first kappa shape index (κ1) is 12.3. The summed E-state index contributed by atoms with van der Waals surface area (Å²) >= 11 is 0. The lowest BCUT2D eigenvalue weighted by molar-refractivity contribution is 0.541. The van der Waals surface area contributed by atoms with Gasteiger partial charge in [-0.25, -0.2) is 0 Å². The monoisotopic (exact) mass is 288 g/mol. The quantitative estimate of drug-likeness (QED) is 0.649. The molecule has 110 valence electrons. The lowest BCUT2D eigenvalue weighted by Crippen LogP contribution is -2.31. The fourth-order valence-corrected chi connectivity index (χ4v) is 4.78. The van der Waals surface area contributed by atoms with Gasteiger partial charge in [-0.3, -0.25) is 0 Å². The number of nitrogens with zero attached hydrogens (tertiary/aromatic N) is 2. The molecule has 2 aliphatic rings. The fourth-order valence-electron chi connectivity index (χ4n) is 4.78. The number of para-hydroxylation sites is 2. The van der Waals surface area contributed by atoms with E-state index in [9.17, 15) is 0 Å². The highest BCUT2D eigenvalue weighted by atomic mass is 15.2. The Morgan fingerprint density at radius 3 is 2.64 bits per heavy atom. The predicted molar refractivity (Wildman–Crippen MR) is 91.7 cm³/mol. The first-order valence-corrected chi connectivity index (χ1v) is 8.15. The molecule has 0 N–H and O–H groups in total. The van der Waals surface area contributed by atoms with Crippen LogP contribution in [0.2, 0.25) is 0 Å². The Labute approximate surface area is 131 Å². The standard InChI is InChI=1S/C20H20N2/c1-13-20(16-12-22(13)18-10-6-4-8-15(16)18)19-11-14-7-3-5-9-17(14)21(19)2/h3-11,13,16,20H,12H2,1-2H3. The van der Waals surface area contributed by atoms with E-state index in [-0.39, 0.29) is 0 Å². The molecule has 3 heterocycles. The molecule has 0 amide bonds. The Bertz CT molecular complexity index is 876. The molecule has 2 bridgehead atoms. The average molecular weight is 288 g/mol. The van der Waals surface area contributed by atoms with Crippen LogP contribution in [-0.2, 0) is 7.05 Å². The van der Waals surface area contributed by atoms with Gasteiger partial charge in [0.2, 0.25) is 0 Å². The fraction of sp³-hybridized carbons (Fsp3) is 0.300. The zero-order valence-electron chi connectivity index (χ0n) is 13.0. The van der Waals surface area contributed by atoms with Crippen molar-refractivity contribution in [2.45, 2.75) is 24.8 Å². The number of hydrogen-bond donors (Lipinski definition) is 0. The molecule has 1 fully saturated rings. The summed E-state index contributed by atoms with van der Waals surface area (Å²) in [6.07, 6.45) is 0. The van der Waals surface area contributed by atoms with E-state index in [1.807, 2.05) is 0 Å². The lowest BCUT2D eigenvalue weighted by atomic mass is 9.81. The third kappa shape index (κ3) is 1.40. The van der Waals surface area contributed by atoms with E-state index < -0.39 is 0 Å². The summed E-state index contributed by atoms with van der Waals surface area (Å²) in [6.45, 7) is 3.56. The summed E-state index contributed by atoms with van der Waals surface area (Å²) in [5.74, 6) is 1.22. The van der Waals surface area contributed by atoms with E-state index in [0.717, 1.165) is 0 Å². The van der Waals surface area contributed by atoms with E-state index >= 15 is 0 Å². The molecule has 0 saturated carbocycles. The largest absolute Gasteiger partial charge is 0.367 e. The van der Waals surface area contributed by atoms with Gasteiger partial charge >= 0.3 is 0 Å². The number of fused-ring (bicyclic) bond motifs is 6. The van der Waals surface area contributed by atoms with E-state index in [1.54, 1.807) is 0 Å². The number of hydrogen-bond acceptors (Lipinski definition) is 1. The molecule has 2 aliphatic heterocycles. The van der Waals surface area contributed by atoms with Crippen LogP contribution >= 0.6 is 0 Å². The topological polar surface area (TPSA) is 8.17 Å². The smallest absolute Gasteiger partial charge is 0.0479 e. The van der Waals surface area contributed by atoms with Crippen molar-refractivity contribution in [1.82, 2.24) is 4.57 Å². The van der Waals surface area contributed by atoms with Crippen LogP contribution in [0.3, 0.4) is 0 Å². The molecule has 0 radical (unpaired) electrons. The Balaban J connectivity index is 1.69. The van der Waals surface area contributed by atoms with Gasteiger partial charge < -0.3 is 9.47 Å². The predicted octanol–water partition coefficient (Wildman–Crippen LogP) is 4.27. The molecule has 3 atom stereocenters. The van der Waals surface area contributed by atoms with Gasteiger partial charge in [0.25, 0.3) is 0 Å². The van der Waals surface area contributed by atoms with Gasteiger partial charge in [-0.05, 0) is 36.1 Å². The van der Waals surface area contributed by atoms with Gasteiger partial charge in [0.15, 0.2) is 0 Å². The number of aromatic nitrogens is 1. The van der Waals surface area contributed by atoms with Crippen LogP contribution in [0.4, 0.5) is 5.69 Å². The Morgan fingerprint density at radius 1 is 1.00 bits per heavy atom. The molecule has 22 heavy (non-hydrogen) atoms. The summed E-state index contributed by atoms with van der Waals surface area (Å²) in [5.41, 5.74) is 5.82. The van der Waals surface area contributed by atoms with E-state index in [1.165, 1.54) is 34.4 Å². The van der Waals surface area contributed by atoms with Gasteiger partial charge in [0.1, 0.15) is 0 Å². The highest BCUT2D eigenvalue weighted by Gasteiger charge is 2.48. The van der Waals surface area contributed by atoms with Gasteiger partial charge in [0.05, 0.1) is 0 Å². The normalized spacial score (nSPS) is 25.9. The van der Waals surface area contributed by atoms with Crippen molar-refractivity contribution in [2.75, 3.05) is 11.4 Å². The van der Waals surface area contributed by atoms with Gasteiger partial charge in [-0.2, -0.15) is 0 Å². The van der Waals surface area contributed by atoms with E-state index in [0.29, 0.717) is 17.9 Å². The van der Waals surface area contributed by atoms with Crippen LogP contribution in [0.25, 0.3) is 10.9 Å². The third-order valence-corrected chi connectivity index (χ3v) is 5.81. The minimum absolute atomic E-state index is 0.572. The van der Waals surface area contributed by atoms with Crippen LogP contribution in [0.5, 0.6) is 0 Å². The summed E-state index contributed by atoms with van der Waals surface area (Å²) in [6, 6.07) is 20.6. The van der Waals surface area contributed by atoms with Crippen molar-refractivity contribution in [3.05, 3.63) is 65.9 Å². The summed E-state index contributed by atoms with van der Waals surface area (Å²) < 4.78 is 2.40. The molecule has 2 aromatic carbocycles.